The van der Waals surface area contributed by atoms with Crippen LogP contribution in [0.5, 0.6) is 11.5 Å². The molecule has 3 N–H and O–H groups in total. The molecule has 0 atom stereocenters. The maximum Gasteiger partial charge on any atom is 0.255 e. The SMILES string of the molecule is CCNc1nc(C)cc(Nc2ccc(NC(=O)c3ccc(OC)c(OC)c3)cc2)n1. The van der Waals surface area contributed by atoms with E-state index in [1.54, 1.807) is 25.3 Å². The molecule has 3 aromatic rings. The van der Waals surface area contributed by atoms with Gasteiger partial charge in [-0.1, -0.05) is 0 Å². The minimum atomic E-state index is -0.238. The summed E-state index contributed by atoms with van der Waals surface area (Å²) in [6.07, 6.45) is 0. The molecule has 30 heavy (non-hydrogen) atoms. The molecule has 0 bridgehead atoms. The summed E-state index contributed by atoms with van der Waals surface area (Å²) in [6, 6.07) is 14.3. The fourth-order valence-corrected chi connectivity index (χ4v) is 2.84. The van der Waals surface area contributed by atoms with Crippen molar-refractivity contribution in [2.75, 3.05) is 36.7 Å². The van der Waals surface area contributed by atoms with E-state index in [9.17, 15) is 4.79 Å². The Balaban J connectivity index is 1.68. The molecule has 0 spiro atoms. The Labute approximate surface area is 175 Å². The topological polar surface area (TPSA) is 97.4 Å². The number of methoxy groups -OCH3 is 2. The molecule has 8 nitrogen and oxygen atoms in total. The second-order valence-electron chi connectivity index (χ2n) is 6.47. The van der Waals surface area contributed by atoms with E-state index in [4.69, 9.17) is 9.47 Å². The summed E-state index contributed by atoms with van der Waals surface area (Å²) >= 11 is 0. The number of hydrogen-bond acceptors (Lipinski definition) is 7. The Bertz CT molecular complexity index is 1020. The largest absolute Gasteiger partial charge is 0.493 e. The van der Waals surface area contributed by atoms with Gasteiger partial charge in [-0.25, -0.2) is 4.98 Å². The highest BCUT2D eigenvalue weighted by Crippen LogP contribution is 2.28. The van der Waals surface area contributed by atoms with Crippen molar-refractivity contribution in [2.45, 2.75) is 13.8 Å². The van der Waals surface area contributed by atoms with Crippen LogP contribution >= 0.6 is 0 Å². The van der Waals surface area contributed by atoms with E-state index in [1.807, 2.05) is 44.2 Å². The van der Waals surface area contributed by atoms with Crippen molar-refractivity contribution in [1.82, 2.24) is 9.97 Å². The van der Waals surface area contributed by atoms with Crippen molar-refractivity contribution >= 4 is 29.0 Å². The van der Waals surface area contributed by atoms with Gasteiger partial charge in [0.15, 0.2) is 11.5 Å². The quantitative estimate of drug-likeness (QED) is 0.514. The molecule has 1 aromatic heterocycles. The Morgan fingerprint density at radius 1 is 0.933 bits per heavy atom. The first-order valence-electron chi connectivity index (χ1n) is 9.52. The summed E-state index contributed by atoms with van der Waals surface area (Å²) in [4.78, 5) is 21.3. The van der Waals surface area contributed by atoms with E-state index in [1.165, 1.54) is 7.11 Å². The maximum absolute atomic E-state index is 12.5. The number of hydrogen-bond donors (Lipinski definition) is 3. The van der Waals surface area contributed by atoms with E-state index in [-0.39, 0.29) is 5.91 Å². The third kappa shape index (κ3) is 5.16. The summed E-state index contributed by atoms with van der Waals surface area (Å²) in [5.41, 5.74) is 2.86. The molecule has 0 aliphatic heterocycles. The van der Waals surface area contributed by atoms with Crippen LogP contribution in [0, 0.1) is 6.92 Å². The molecule has 0 radical (unpaired) electrons. The minimum absolute atomic E-state index is 0.238. The van der Waals surface area contributed by atoms with Crippen LogP contribution < -0.4 is 25.4 Å². The normalized spacial score (nSPS) is 10.3. The van der Waals surface area contributed by atoms with Gasteiger partial charge in [-0.2, -0.15) is 4.98 Å². The molecule has 0 fully saturated rings. The maximum atomic E-state index is 12.5. The first kappa shape index (κ1) is 20.9. The van der Waals surface area contributed by atoms with Crippen molar-refractivity contribution in [3.05, 3.63) is 59.8 Å². The molecular weight excluding hydrogens is 382 g/mol. The Morgan fingerprint density at radius 3 is 2.30 bits per heavy atom. The number of aryl methyl sites for hydroxylation is 1. The number of rotatable bonds is 8. The summed E-state index contributed by atoms with van der Waals surface area (Å²) in [5.74, 6) is 2.11. The van der Waals surface area contributed by atoms with Crippen LogP contribution in [0.2, 0.25) is 0 Å². The van der Waals surface area contributed by atoms with Crippen molar-refractivity contribution in [1.29, 1.82) is 0 Å². The lowest BCUT2D eigenvalue weighted by Crippen LogP contribution is -2.12. The summed E-state index contributed by atoms with van der Waals surface area (Å²) in [6.45, 7) is 4.66. The number of nitrogens with zero attached hydrogens (tertiary/aromatic N) is 2. The number of benzene rings is 2. The van der Waals surface area contributed by atoms with E-state index >= 15 is 0 Å². The van der Waals surface area contributed by atoms with Gasteiger partial charge in [-0.3, -0.25) is 4.79 Å². The molecule has 1 amide bonds. The molecule has 8 heteroatoms. The van der Waals surface area contributed by atoms with Crippen molar-refractivity contribution in [3.63, 3.8) is 0 Å². The van der Waals surface area contributed by atoms with Gasteiger partial charge in [-0.15, -0.1) is 0 Å². The van der Waals surface area contributed by atoms with Gasteiger partial charge in [0.1, 0.15) is 5.82 Å². The number of carbonyl (C=O) groups excluding carboxylic acids is 1. The molecule has 0 unspecified atom stereocenters. The number of aromatic nitrogens is 2. The molecule has 0 aliphatic carbocycles. The highest BCUT2D eigenvalue weighted by molar-refractivity contribution is 6.04. The first-order chi connectivity index (χ1) is 14.5. The summed E-state index contributed by atoms with van der Waals surface area (Å²) < 4.78 is 10.5. The molecule has 1 heterocycles. The van der Waals surface area contributed by atoms with Crippen LogP contribution in [-0.4, -0.2) is 36.6 Å². The zero-order valence-electron chi connectivity index (χ0n) is 17.4. The number of carbonyl (C=O) groups is 1. The average Bonchev–Trinajstić information content (AvgIpc) is 2.74. The van der Waals surface area contributed by atoms with Crippen LogP contribution in [0.3, 0.4) is 0 Å². The minimum Gasteiger partial charge on any atom is -0.493 e. The van der Waals surface area contributed by atoms with Gasteiger partial charge >= 0.3 is 0 Å². The number of ether oxygens (including phenoxy) is 2. The van der Waals surface area contributed by atoms with Crippen molar-refractivity contribution < 1.29 is 14.3 Å². The van der Waals surface area contributed by atoms with Gasteiger partial charge in [0.2, 0.25) is 5.95 Å². The summed E-state index contributed by atoms with van der Waals surface area (Å²) in [5, 5.41) is 9.23. The number of amides is 1. The predicted molar refractivity (Wildman–Crippen MR) is 118 cm³/mol. The molecule has 0 saturated heterocycles. The van der Waals surface area contributed by atoms with Crippen molar-refractivity contribution in [2.24, 2.45) is 0 Å². The van der Waals surface area contributed by atoms with Crippen molar-refractivity contribution in [3.8, 4) is 11.5 Å². The molecule has 156 valence electrons. The monoisotopic (exact) mass is 407 g/mol. The van der Waals surface area contributed by atoms with Gasteiger partial charge in [0.05, 0.1) is 14.2 Å². The van der Waals surface area contributed by atoms with E-state index in [0.717, 1.165) is 17.9 Å². The predicted octanol–water partition coefficient (Wildman–Crippen LogP) is 4.23. The lowest BCUT2D eigenvalue weighted by atomic mass is 10.1. The second kappa shape index (κ2) is 9.60. The molecule has 0 aliphatic rings. The fraction of sp³-hybridized carbons (Fsp3) is 0.227. The third-order valence-electron chi connectivity index (χ3n) is 4.25. The van der Waals surface area contributed by atoms with Gasteiger partial charge in [0, 0.05) is 35.2 Å². The van der Waals surface area contributed by atoms with Gasteiger partial charge in [0.25, 0.3) is 5.91 Å². The second-order valence-corrected chi connectivity index (χ2v) is 6.47. The Morgan fingerprint density at radius 2 is 1.63 bits per heavy atom. The lowest BCUT2D eigenvalue weighted by Gasteiger charge is -2.11. The molecule has 2 aromatic carbocycles. The van der Waals surface area contributed by atoms with Gasteiger partial charge in [-0.05, 0) is 56.3 Å². The zero-order chi connectivity index (χ0) is 21.5. The lowest BCUT2D eigenvalue weighted by molar-refractivity contribution is 0.102. The van der Waals surface area contributed by atoms with Crippen LogP contribution in [-0.2, 0) is 0 Å². The van der Waals surface area contributed by atoms with Crippen LogP contribution in [0.25, 0.3) is 0 Å². The third-order valence-corrected chi connectivity index (χ3v) is 4.25. The van der Waals surface area contributed by atoms with Crippen LogP contribution in [0.4, 0.5) is 23.1 Å². The zero-order valence-corrected chi connectivity index (χ0v) is 17.4. The van der Waals surface area contributed by atoms with Crippen LogP contribution in [0.15, 0.2) is 48.5 Å². The smallest absolute Gasteiger partial charge is 0.255 e. The molecule has 0 saturated carbocycles. The Hall–Kier alpha value is -3.81. The van der Waals surface area contributed by atoms with E-state index in [2.05, 4.69) is 25.9 Å². The standard InChI is InChI=1S/C22H25N5O3/c1-5-23-22-24-14(2)12-20(27-22)25-16-7-9-17(10-8-16)26-21(28)15-6-11-18(29-3)19(13-15)30-4/h6-13H,5H2,1-4H3,(H,26,28)(H2,23,24,25,27). The fourth-order valence-electron chi connectivity index (χ4n) is 2.84. The Kier molecular flexibility index (Phi) is 6.69. The number of anilines is 4. The van der Waals surface area contributed by atoms with Gasteiger partial charge < -0.3 is 25.4 Å². The molecular formula is C22H25N5O3. The van der Waals surface area contributed by atoms with E-state index < -0.39 is 0 Å². The molecule has 3 rings (SSSR count). The average molecular weight is 407 g/mol. The van der Waals surface area contributed by atoms with Crippen LogP contribution in [0.1, 0.15) is 23.0 Å². The highest BCUT2D eigenvalue weighted by atomic mass is 16.5. The first-order valence-corrected chi connectivity index (χ1v) is 9.52. The summed E-state index contributed by atoms with van der Waals surface area (Å²) in [7, 11) is 3.09. The number of nitrogens with one attached hydrogen (secondary N) is 3. The highest BCUT2D eigenvalue weighted by Gasteiger charge is 2.11. The van der Waals surface area contributed by atoms with E-state index in [0.29, 0.717) is 34.5 Å².